The van der Waals surface area contributed by atoms with Gasteiger partial charge in [-0.15, -0.1) is 0 Å². The van der Waals surface area contributed by atoms with E-state index in [1.807, 2.05) is 0 Å². The first-order chi connectivity index (χ1) is 24.8. The van der Waals surface area contributed by atoms with Crippen LogP contribution in [0.5, 0.6) is 0 Å². The lowest BCUT2D eigenvalue weighted by atomic mass is 9.96. The number of benzene rings is 9. The number of fused-ring (bicyclic) bond motifs is 8. The summed E-state index contributed by atoms with van der Waals surface area (Å²) in [6.45, 7) is 0. The van der Waals surface area contributed by atoms with Gasteiger partial charge < -0.3 is 9.32 Å². The first-order valence-corrected chi connectivity index (χ1v) is 17.1. The van der Waals surface area contributed by atoms with Crippen LogP contribution in [-0.2, 0) is 0 Å². The molecular formula is C48H31NO. The minimum absolute atomic E-state index is 0.895. The molecule has 0 saturated carbocycles. The van der Waals surface area contributed by atoms with Crippen molar-refractivity contribution in [3.05, 3.63) is 188 Å². The molecule has 0 radical (unpaired) electrons. The molecule has 0 bridgehead atoms. The number of furan rings is 1. The van der Waals surface area contributed by atoms with Crippen molar-refractivity contribution < 1.29 is 4.42 Å². The average molecular weight is 638 g/mol. The zero-order valence-electron chi connectivity index (χ0n) is 27.3. The van der Waals surface area contributed by atoms with Crippen molar-refractivity contribution in [2.75, 3.05) is 4.90 Å². The number of hydrogen-bond acceptors (Lipinski definition) is 2. The third-order valence-electron chi connectivity index (χ3n) is 10.0. The van der Waals surface area contributed by atoms with Gasteiger partial charge in [-0.05, 0) is 80.7 Å². The molecule has 0 unspecified atom stereocenters. The van der Waals surface area contributed by atoms with Crippen LogP contribution in [0.15, 0.2) is 192 Å². The Balaban J connectivity index is 1.21. The Morgan fingerprint density at radius 3 is 1.82 bits per heavy atom. The molecule has 0 aliphatic rings. The second kappa shape index (κ2) is 11.5. The highest BCUT2D eigenvalue weighted by molar-refractivity contribution is 6.17. The summed E-state index contributed by atoms with van der Waals surface area (Å²) in [5.41, 5.74) is 9.86. The molecule has 234 valence electrons. The highest BCUT2D eigenvalue weighted by Gasteiger charge is 2.21. The fraction of sp³-hybridized carbons (Fsp3) is 0. The van der Waals surface area contributed by atoms with E-state index < -0.39 is 0 Å². The van der Waals surface area contributed by atoms with Gasteiger partial charge in [-0.3, -0.25) is 0 Å². The summed E-state index contributed by atoms with van der Waals surface area (Å²) < 4.78 is 6.50. The van der Waals surface area contributed by atoms with Crippen molar-refractivity contribution in [2.24, 2.45) is 0 Å². The fourth-order valence-corrected chi connectivity index (χ4v) is 7.65. The lowest BCUT2D eigenvalue weighted by Crippen LogP contribution is -2.12. The van der Waals surface area contributed by atoms with Gasteiger partial charge in [0.25, 0.3) is 0 Å². The maximum atomic E-state index is 6.50. The van der Waals surface area contributed by atoms with Crippen molar-refractivity contribution in [1.82, 2.24) is 0 Å². The molecule has 2 heteroatoms. The summed E-state index contributed by atoms with van der Waals surface area (Å²) in [6, 6.07) is 67.6. The second-order valence-corrected chi connectivity index (χ2v) is 12.9. The van der Waals surface area contributed by atoms with Crippen molar-refractivity contribution in [2.45, 2.75) is 0 Å². The van der Waals surface area contributed by atoms with Gasteiger partial charge in [0.05, 0.1) is 11.4 Å². The van der Waals surface area contributed by atoms with E-state index in [-0.39, 0.29) is 0 Å². The van der Waals surface area contributed by atoms with E-state index in [1.165, 1.54) is 38.1 Å². The van der Waals surface area contributed by atoms with Crippen molar-refractivity contribution >= 4 is 71.3 Å². The molecule has 50 heavy (non-hydrogen) atoms. The zero-order chi connectivity index (χ0) is 33.0. The number of rotatable bonds is 5. The Morgan fingerprint density at radius 1 is 0.340 bits per heavy atom. The van der Waals surface area contributed by atoms with Gasteiger partial charge >= 0.3 is 0 Å². The van der Waals surface area contributed by atoms with E-state index in [0.29, 0.717) is 0 Å². The molecule has 0 saturated heterocycles. The van der Waals surface area contributed by atoms with Crippen LogP contribution in [0.1, 0.15) is 0 Å². The SMILES string of the molecule is c1ccc(-c2ccc(N(c3ccccc3-c3ccc4oc5c6ccccc6ccc5c4c3)c3cc4ccccc4c4ccccc34)cc2)cc1. The Hall–Kier alpha value is -6.64. The standard InChI is InChI=1S/C48H31NO/c1-2-12-32(13-3-1)33-22-26-37(27-23-33)49(46-31-35-15-5-6-16-38(35)41-19-8-9-20-42(41)46)45-21-11-10-17-39(45)36-25-29-47-44(30-36)43-28-24-34-14-4-7-18-40(34)48(43)50-47/h1-31H. The predicted molar refractivity (Wildman–Crippen MR) is 212 cm³/mol. The van der Waals surface area contributed by atoms with Gasteiger partial charge in [-0.25, -0.2) is 0 Å². The van der Waals surface area contributed by atoms with E-state index in [9.17, 15) is 0 Å². The summed E-state index contributed by atoms with van der Waals surface area (Å²) >= 11 is 0. The van der Waals surface area contributed by atoms with E-state index in [4.69, 9.17) is 4.42 Å². The van der Waals surface area contributed by atoms with Crippen LogP contribution in [-0.4, -0.2) is 0 Å². The second-order valence-electron chi connectivity index (χ2n) is 12.9. The Bertz CT molecular complexity index is 2870. The largest absolute Gasteiger partial charge is 0.455 e. The monoisotopic (exact) mass is 637 g/mol. The molecular weight excluding hydrogens is 607 g/mol. The summed E-state index contributed by atoms with van der Waals surface area (Å²) in [5, 5.41) is 9.48. The van der Waals surface area contributed by atoms with Crippen molar-refractivity contribution in [1.29, 1.82) is 0 Å². The lowest BCUT2D eigenvalue weighted by Gasteiger charge is -2.29. The summed E-state index contributed by atoms with van der Waals surface area (Å²) in [7, 11) is 0. The number of para-hydroxylation sites is 1. The lowest BCUT2D eigenvalue weighted by molar-refractivity contribution is 0.672. The van der Waals surface area contributed by atoms with E-state index >= 15 is 0 Å². The maximum Gasteiger partial charge on any atom is 0.143 e. The predicted octanol–water partition coefficient (Wildman–Crippen LogP) is 13.8. The first kappa shape index (κ1) is 28.4. The fourth-order valence-electron chi connectivity index (χ4n) is 7.65. The molecule has 0 fully saturated rings. The van der Waals surface area contributed by atoms with Gasteiger partial charge in [-0.1, -0.05) is 146 Å². The quantitative estimate of drug-likeness (QED) is 0.175. The van der Waals surface area contributed by atoms with E-state index in [2.05, 4.69) is 193 Å². The normalized spacial score (nSPS) is 11.6. The van der Waals surface area contributed by atoms with Gasteiger partial charge in [-0.2, -0.15) is 0 Å². The molecule has 0 aliphatic heterocycles. The molecule has 1 aromatic heterocycles. The molecule has 0 spiro atoms. The first-order valence-electron chi connectivity index (χ1n) is 17.1. The highest BCUT2D eigenvalue weighted by Crippen LogP contribution is 2.46. The Morgan fingerprint density at radius 2 is 0.980 bits per heavy atom. The van der Waals surface area contributed by atoms with Crippen LogP contribution in [0, 0.1) is 0 Å². The number of hydrogen-bond donors (Lipinski definition) is 0. The van der Waals surface area contributed by atoms with Crippen LogP contribution >= 0.6 is 0 Å². The van der Waals surface area contributed by atoms with Gasteiger partial charge in [0.2, 0.25) is 0 Å². The van der Waals surface area contributed by atoms with Gasteiger partial charge in [0.15, 0.2) is 0 Å². The Labute approximate surface area is 290 Å². The molecule has 0 amide bonds. The molecule has 10 aromatic rings. The molecule has 2 nitrogen and oxygen atoms in total. The molecule has 0 aliphatic carbocycles. The third-order valence-corrected chi connectivity index (χ3v) is 10.0. The molecule has 0 atom stereocenters. The summed E-state index contributed by atoms with van der Waals surface area (Å²) in [5.74, 6) is 0. The number of anilines is 3. The zero-order valence-corrected chi connectivity index (χ0v) is 27.3. The summed E-state index contributed by atoms with van der Waals surface area (Å²) in [6.07, 6.45) is 0. The van der Waals surface area contributed by atoms with E-state index in [1.54, 1.807) is 0 Å². The number of nitrogens with zero attached hydrogens (tertiary/aromatic N) is 1. The average Bonchev–Trinajstić information content (AvgIpc) is 3.57. The molecule has 0 N–H and O–H groups in total. The summed E-state index contributed by atoms with van der Waals surface area (Å²) in [4.78, 5) is 2.43. The Kier molecular flexibility index (Phi) is 6.53. The van der Waals surface area contributed by atoms with Gasteiger partial charge in [0, 0.05) is 32.8 Å². The molecule has 1 heterocycles. The van der Waals surface area contributed by atoms with Gasteiger partial charge in [0.1, 0.15) is 11.2 Å². The smallest absolute Gasteiger partial charge is 0.143 e. The van der Waals surface area contributed by atoms with E-state index in [0.717, 1.165) is 55.5 Å². The third kappa shape index (κ3) is 4.57. The van der Waals surface area contributed by atoms with Crippen molar-refractivity contribution in [3.63, 3.8) is 0 Å². The minimum atomic E-state index is 0.895. The molecule has 10 rings (SSSR count). The van der Waals surface area contributed by atoms with Crippen molar-refractivity contribution in [3.8, 4) is 22.3 Å². The van der Waals surface area contributed by atoms with Crippen LogP contribution in [0.4, 0.5) is 17.1 Å². The minimum Gasteiger partial charge on any atom is -0.455 e. The van der Waals surface area contributed by atoms with Crippen LogP contribution in [0.3, 0.4) is 0 Å². The van der Waals surface area contributed by atoms with Crippen LogP contribution in [0.25, 0.3) is 76.5 Å². The molecule has 9 aromatic carbocycles. The van der Waals surface area contributed by atoms with Crippen LogP contribution in [0.2, 0.25) is 0 Å². The topological polar surface area (TPSA) is 16.4 Å². The van der Waals surface area contributed by atoms with Crippen LogP contribution < -0.4 is 4.90 Å². The highest BCUT2D eigenvalue weighted by atomic mass is 16.3. The maximum absolute atomic E-state index is 6.50.